The predicted molar refractivity (Wildman–Crippen MR) is 57.9 cm³/mol. The van der Waals surface area contributed by atoms with Crippen LogP contribution in [0.4, 0.5) is 4.79 Å². The van der Waals surface area contributed by atoms with E-state index >= 15 is 0 Å². The largest absolute Gasteiger partial charge is 0.350 e. The third-order valence-electron chi connectivity index (χ3n) is 2.33. The molecular formula is C9H16ClN3O2. The normalized spacial score (nSPS) is 20.2. The quantitative estimate of drug-likeness (QED) is 0.688. The van der Waals surface area contributed by atoms with Gasteiger partial charge in [0.15, 0.2) is 0 Å². The number of amides is 3. The van der Waals surface area contributed by atoms with Crippen LogP contribution in [0, 0.1) is 0 Å². The molecule has 0 aromatic heterocycles. The van der Waals surface area contributed by atoms with Gasteiger partial charge in [-0.2, -0.15) is 0 Å². The Labute approximate surface area is 94.3 Å². The summed E-state index contributed by atoms with van der Waals surface area (Å²) in [5.41, 5.74) is 0. The Morgan fingerprint density at radius 2 is 2.20 bits per heavy atom. The van der Waals surface area contributed by atoms with E-state index in [1.807, 2.05) is 0 Å². The second-order valence-electron chi connectivity index (χ2n) is 3.81. The predicted octanol–water partition coefficient (Wildman–Crippen LogP) is 0.0973. The highest BCUT2D eigenvalue weighted by molar-refractivity contribution is 6.27. The zero-order chi connectivity index (χ0) is 11.4. The summed E-state index contributed by atoms with van der Waals surface area (Å²) in [6, 6.07) is 0.0257. The monoisotopic (exact) mass is 233 g/mol. The number of urea groups is 1. The fraction of sp³-hybridized carbons (Fsp3) is 0.778. The maximum atomic E-state index is 11.6. The molecule has 3 amide bonds. The molecule has 0 unspecified atom stereocenters. The summed E-state index contributed by atoms with van der Waals surface area (Å²) in [7, 11) is 3.43. The number of alkyl halides is 1. The molecule has 1 fully saturated rings. The van der Waals surface area contributed by atoms with Crippen molar-refractivity contribution in [2.24, 2.45) is 0 Å². The van der Waals surface area contributed by atoms with E-state index < -0.39 is 0 Å². The van der Waals surface area contributed by atoms with Crippen LogP contribution in [0.25, 0.3) is 0 Å². The standard InChI is InChI=1S/C9H16ClN3O2/c1-12(2)9(15)13-4-3-7(6-13)11-8(14)5-10/h7H,3-6H2,1-2H3,(H,11,14)/t7-/m0/s1. The summed E-state index contributed by atoms with van der Waals surface area (Å²) in [6.07, 6.45) is 0.794. The van der Waals surface area contributed by atoms with Crippen molar-refractivity contribution in [2.75, 3.05) is 33.1 Å². The number of hydrogen-bond acceptors (Lipinski definition) is 2. The van der Waals surface area contributed by atoms with Gasteiger partial charge in [0.1, 0.15) is 5.88 Å². The number of carbonyl (C=O) groups is 2. The van der Waals surface area contributed by atoms with Crippen LogP contribution >= 0.6 is 11.6 Å². The fourth-order valence-electron chi connectivity index (χ4n) is 1.60. The molecule has 0 aromatic rings. The molecule has 6 heteroatoms. The lowest BCUT2D eigenvalue weighted by molar-refractivity contribution is -0.119. The smallest absolute Gasteiger partial charge is 0.319 e. The third kappa shape index (κ3) is 3.27. The Kier molecular flexibility index (Phi) is 4.20. The molecule has 0 radical (unpaired) electrons. The maximum Gasteiger partial charge on any atom is 0.319 e. The van der Waals surface area contributed by atoms with Crippen LogP contribution in [0.5, 0.6) is 0 Å². The highest BCUT2D eigenvalue weighted by Gasteiger charge is 2.27. The first kappa shape index (κ1) is 12.1. The molecule has 0 spiro atoms. The van der Waals surface area contributed by atoms with E-state index in [4.69, 9.17) is 11.6 Å². The molecule has 0 aliphatic carbocycles. The maximum absolute atomic E-state index is 11.6. The SMILES string of the molecule is CN(C)C(=O)N1CC[C@H](NC(=O)CCl)C1. The molecule has 15 heavy (non-hydrogen) atoms. The van der Waals surface area contributed by atoms with Gasteiger partial charge in [0.05, 0.1) is 0 Å². The van der Waals surface area contributed by atoms with Crippen LogP contribution in [0.15, 0.2) is 0 Å². The van der Waals surface area contributed by atoms with Crippen LogP contribution in [0.2, 0.25) is 0 Å². The zero-order valence-electron chi connectivity index (χ0n) is 8.99. The summed E-state index contributed by atoms with van der Waals surface area (Å²) in [6.45, 7) is 1.25. The Balaban J connectivity index is 2.39. The second kappa shape index (κ2) is 5.21. The van der Waals surface area contributed by atoms with E-state index in [9.17, 15) is 9.59 Å². The van der Waals surface area contributed by atoms with Gasteiger partial charge in [-0.05, 0) is 6.42 Å². The molecule has 1 aliphatic rings. The number of likely N-dealkylation sites (tertiary alicyclic amines) is 1. The lowest BCUT2D eigenvalue weighted by Crippen LogP contribution is -2.41. The number of rotatable bonds is 2. The number of halogens is 1. The molecule has 1 saturated heterocycles. The van der Waals surface area contributed by atoms with Crippen molar-refractivity contribution in [3.63, 3.8) is 0 Å². The number of nitrogens with one attached hydrogen (secondary N) is 1. The van der Waals surface area contributed by atoms with Crippen molar-refractivity contribution >= 4 is 23.5 Å². The van der Waals surface area contributed by atoms with Gasteiger partial charge in [-0.15, -0.1) is 11.6 Å². The van der Waals surface area contributed by atoms with Gasteiger partial charge in [-0.1, -0.05) is 0 Å². The Hall–Kier alpha value is -0.970. The molecule has 0 bridgehead atoms. The van der Waals surface area contributed by atoms with Crippen LogP contribution in [-0.2, 0) is 4.79 Å². The molecule has 1 atom stereocenters. The molecule has 1 rings (SSSR count). The Morgan fingerprint density at radius 1 is 1.53 bits per heavy atom. The molecule has 0 aromatic carbocycles. The summed E-state index contributed by atoms with van der Waals surface area (Å²) in [5, 5.41) is 2.77. The average molecular weight is 234 g/mol. The van der Waals surface area contributed by atoms with Gasteiger partial charge in [-0.25, -0.2) is 4.79 Å². The zero-order valence-corrected chi connectivity index (χ0v) is 9.75. The second-order valence-corrected chi connectivity index (χ2v) is 4.08. The average Bonchev–Trinajstić information content (AvgIpc) is 2.64. The van der Waals surface area contributed by atoms with Crippen molar-refractivity contribution in [1.82, 2.24) is 15.1 Å². The summed E-state index contributed by atoms with van der Waals surface area (Å²) in [5.74, 6) is -0.209. The third-order valence-corrected chi connectivity index (χ3v) is 2.57. The first-order chi connectivity index (χ1) is 7.04. The van der Waals surface area contributed by atoms with Crippen LogP contribution < -0.4 is 5.32 Å². The van der Waals surface area contributed by atoms with Crippen molar-refractivity contribution < 1.29 is 9.59 Å². The Morgan fingerprint density at radius 3 is 2.73 bits per heavy atom. The van der Waals surface area contributed by atoms with Gasteiger partial charge in [-0.3, -0.25) is 4.79 Å². The summed E-state index contributed by atoms with van der Waals surface area (Å²) in [4.78, 5) is 25.8. The topological polar surface area (TPSA) is 52.7 Å². The van der Waals surface area contributed by atoms with Crippen LogP contribution in [0.1, 0.15) is 6.42 Å². The molecule has 86 valence electrons. The van der Waals surface area contributed by atoms with Crippen LogP contribution in [0.3, 0.4) is 0 Å². The number of hydrogen-bond donors (Lipinski definition) is 1. The van der Waals surface area contributed by atoms with Crippen molar-refractivity contribution in [3.05, 3.63) is 0 Å². The lowest BCUT2D eigenvalue weighted by atomic mass is 10.3. The summed E-state index contributed by atoms with van der Waals surface area (Å²) < 4.78 is 0. The van der Waals surface area contributed by atoms with Crippen LogP contribution in [-0.4, -0.2) is 60.8 Å². The minimum Gasteiger partial charge on any atom is -0.350 e. The number of nitrogens with zero attached hydrogens (tertiary/aromatic N) is 2. The van der Waals surface area contributed by atoms with E-state index in [1.54, 1.807) is 19.0 Å². The highest BCUT2D eigenvalue weighted by atomic mass is 35.5. The van der Waals surface area contributed by atoms with E-state index in [0.717, 1.165) is 6.42 Å². The first-order valence-electron chi connectivity index (χ1n) is 4.86. The van der Waals surface area contributed by atoms with Gasteiger partial charge in [0.2, 0.25) is 5.91 Å². The van der Waals surface area contributed by atoms with Crippen molar-refractivity contribution in [3.8, 4) is 0 Å². The minimum absolute atomic E-state index is 0.0161. The van der Waals surface area contributed by atoms with Gasteiger partial charge >= 0.3 is 6.03 Å². The van der Waals surface area contributed by atoms with Gasteiger partial charge < -0.3 is 15.1 Å². The van der Waals surface area contributed by atoms with E-state index in [1.165, 1.54) is 4.90 Å². The fourth-order valence-corrected chi connectivity index (χ4v) is 1.68. The van der Waals surface area contributed by atoms with Gasteiger partial charge in [0.25, 0.3) is 0 Å². The van der Waals surface area contributed by atoms with Crippen molar-refractivity contribution in [1.29, 1.82) is 0 Å². The first-order valence-corrected chi connectivity index (χ1v) is 5.39. The molecule has 1 aliphatic heterocycles. The van der Waals surface area contributed by atoms with Crippen molar-refractivity contribution in [2.45, 2.75) is 12.5 Å². The van der Waals surface area contributed by atoms with Gasteiger partial charge in [0, 0.05) is 33.2 Å². The molecular weight excluding hydrogens is 218 g/mol. The lowest BCUT2D eigenvalue weighted by Gasteiger charge is -2.21. The summed E-state index contributed by atoms with van der Waals surface area (Å²) >= 11 is 5.38. The molecule has 1 N–H and O–H groups in total. The highest BCUT2D eigenvalue weighted by Crippen LogP contribution is 2.10. The Bertz CT molecular complexity index is 258. The molecule has 0 saturated carbocycles. The van der Waals surface area contributed by atoms with E-state index in [2.05, 4.69) is 5.32 Å². The minimum atomic E-state index is -0.180. The van der Waals surface area contributed by atoms with E-state index in [0.29, 0.717) is 13.1 Å². The van der Waals surface area contributed by atoms with E-state index in [-0.39, 0.29) is 23.9 Å². The molecule has 5 nitrogen and oxygen atoms in total. The number of carbonyl (C=O) groups excluding carboxylic acids is 2. The molecule has 1 heterocycles.